The van der Waals surface area contributed by atoms with Crippen LogP contribution < -0.4 is 10.6 Å². The lowest BCUT2D eigenvalue weighted by molar-refractivity contribution is -0.137. The number of likely N-dealkylation sites (N-methyl/N-ethyl adjacent to an activating group) is 1. The van der Waals surface area contributed by atoms with Crippen LogP contribution in [0.25, 0.3) is 0 Å². The molecule has 1 rings (SSSR count). The summed E-state index contributed by atoms with van der Waals surface area (Å²) in [5.74, 6) is -0.589. The molecule has 0 aliphatic rings. The number of hydrogen-bond donors (Lipinski definition) is 2. The van der Waals surface area contributed by atoms with E-state index in [1.807, 2.05) is 6.92 Å². The van der Waals surface area contributed by atoms with Crippen LogP contribution in [-0.2, 0) is 15.8 Å². The van der Waals surface area contributed by atoms with Crippen LogP contribution >= 0.6 is 0 Å². The molecule has 1 aromatic carbocycles. The third kappa shape index (κ3) is 6.19. The van der Waals surface area contributed by atoms with Gasteiger partial charge < -0.3 is 10.6 Å². The predicted molar refractivity (Wildman–Crippen MR) is 85.5 cm³/mol. The second kappa shape index (κ2) is 8.68. The highest BCUT2D eigenvalue weighted by Crippen LogP contribution is 2.29. The zero-order chi connectivity index (χ0) is 18.3. The van der Waals surface area contributed by atoms with E-state index in [0.29, 0.717) is 6.54 Å². The molecule has 24 heavy (non-hydrogen) atoms. The van der Waals surface area contributed by atoms with Crippen LogP contribution in [0.4, 0.5) is 18.9 Å². The fourth-order valence-electron chi connectivity index (χ4n) is 1.87. The van der Waals surface area contributed by atoms with E-state index in [9.17, 15) is 22.8 Å². The van der Waals surface area contributed by atoms with Gasteiger partial charge in [-0.15, -0.1) is 0 Å². The van der Waals surface area contributed by atoms with Crippen LogP contribution in [0.3, 0.4) is 0 Å². The Hall–Kier alpha value is -2.09. The SMILES string of the molecule is CCCNC(=O)CN(C)[C@H](C)C(=O)Nc1ccc(C(F)(F)F)cc1. The number of alkyl halides is 3. The minimum Gasteiger partial charge on any atom is -0.355 e. The molecule has 0 unspecified atom stereocenters. The third-order valence-electron chi connectivity index (χ3n) is 3.49. The van der Waals surface area contributed by atoms with Gasteiger partial charge in [0.2, 0.25) is 11.8 Å². The van der Waals surface area contributed by atoms with Gasteiger partial charge in [0.1, 0.15) is 0 Å². The summed E-state index contributed by atoms with van der Waals surface area (Å²) < 4.78 is 37.5. The van der Waals surface area contributed by atoms with Gasteiger partial charge in [-0.1, -0.05) is 6.92 Å². The van der Waals surface area contributed by atoms with Crippen LogP contribution in [0, 0.1) is 0 Å². The lowest BCUT2D eigenvalue weighted by Crippen LogP contribution is -2.44. The second-order valence-electron chi connectivity index (χ2n) is 5.51. The molecular formula is C16H22F3N3O2. The summed E-state index contributed by atoms with van der Waals surface area (Å²) in [5.41, 5.74) is -0.512. The number of carbonyl (C=O) groups is 2. The Kier molecular flexibility index (Phi) is 7.21. The number of anilines is 1. The normalized spacial score (nSPS) is 12.8. The molecule has 0 fully saturated rings. The van der Waals surface area contributed by atoms with Crippen molar-refractivity contribution in [3.05, 3.63) is 29.8 Å². The quantitative estimate of drug-likeness (QED) is 0.798. The molecule has 1 atom stereocenters. The molecule has 2 N–H and O–H groups in total. The molecule has 8 heteroatoms. The maximum Gasteiger partial charge on any atom is 0.416 e. The molecule has 134 valence electrons. The first kappa shape index (κ1) is 20.0. The first-order valence-corrected chi connectivity index (χ1v) is 7.60. The summed E-state index contributed by atoms with van der Waals surface area (Å²) in [6, 6.07) is 3.59. The zero-order valence-electron chi connectivity index (χ0n) is 13.9. The topological polar surface area (TPSA) is 61.4 Å². The second-order valence-corrected chi connectivity index (χ2v) is 5.51. The van der Waals surface area contributed by atoms with E-state index in [0.717, 1.165) is 18.6 Å². The molecule has 0 aromatic heterocycles. The molecule has 2 amide bonds. The summed E-state index contributed by atoms with van der Waals surface area (Å²) in [7, 11) is 1.63. The standard InChI is InChI=1S/C16H22F3N3O2/c1-4-9-20-14(23)10-22(3)11(2)15(24)21-13-7-5-12(6-8-13)16(17,18)19/h5-8,11H,4,9-10H2,1-3H3,(H,20,23)(H,21,24)/t11-/m1/s1. The van der Waals surface area contributed by atoms with Crippen LogP contribution in [0.1, 0.15) is 25.8 Å². The predicted octanol–water partition coefficient (Wildman–Crippen LogP) is 2.49. The minimum absolute atomic E-state index is 0.0571. The molecule has 0 aliphatic heterocycles. The Bertz CT molecular complexity index is 559. The summed E-state index contributed by atoms with van der Waals surface area (Å²) >= 11 is 0. The van der Waals surface area contributed by atoms with Gasteiger partial charge in [-0.2, -0.15) is 13.2 Å². The fraction of sp³-hybridized carbons (Fsp3) is 0.500. The Balaban J connectivity index is 2.58. The van der Waals surface area contributed by atoms with Crippen molar-refractivity contribution in [2.75, 3.05) is 25.5 Å². The average molecular weight is 345 g/mol. The maximum absolute atomic E-state index is 12.5. The molecule has 5 nitrogen and oxygen atoms in total. The van der Waals surface area contributed by atoms with Crippen LogP contribution in [0.15, 0.2) is 24.3 Å². The largest absolute Gasteiger partial charge is 0.416 e. The van der Waals surface area contributed by atoms with Crippen LogP contribution in [0.5, 0.6) is 0 Å². The van der Waals surface area contributed by atoms with Crippen molar-refractivity contribution >= 4 is 17.5 Å². The van der Waals surface area contributed by atoms with Gasteiger partial charge >= 0.3 is 6.18 Å². The number of nitrogens with zero attached hydrogens (tertiary/aromatic N) is 1. The Labute approximate surface area is 139 Å². The summed E-state index contributed by atoms with van der Waals surface area (Å²) in [6.07, 6.45) is -3.60. The van der Waals surface area contributed by atoms with Crippen molar-refractivity contribution < 1.29 is 22.8 Å². The van der Waals surface area contributed by atoms with E-state index < -0.39 is 23.7 Å². The van der Waals surface area contributed by atoms with E-state index in [-0.39, 0.29) is 18.1 Å². The molecule has 0 heterocycles. The molecule has 0 aliphatic carbocycles. The Morgan fingerprint density at radius 1 is 1.21 bits per heavy atom. The van der Waals surface area contributed by atoms with Gasteiger partial charge in [-0.05, 0) is 44.7 Å². The first-order valence-electron chi connectivity index (χ1n) is 7.60. The lowest BCUT2D eigenvalue weighted by atomic mass is 10.2. The average Bonchev–Trinajstić information content (AvgIpc) is 2.51. The number of hydrogen-bond acceptors (Lipinski definition) is 3. The summed E-state index contributed by atoms with van der Waals surface area (Å²) in [6.45, 7) is 4.18. The molecule has 1 aromatic rings. The van der Waals surface area contributed by atoms with Gasteiger partial charge in [0.25, 0.3) is 0 Å². The molecule has 0 spiro atoms. The summed E-state index contributed by atoms with van der Waals surface area (Å²) in [4.78, 5) is 25.3. The molecule has 0 saturated carbocycles. The van der Waals surface area contributed by atoms with E-state index in [4.69, 9.17) is 0 Å². The van der Waals surface area contributed by atoms with Crippen molar-refractivity contribution in [3.8, 4) is 0 Å². The van der Waals surface area contributed by atoms with Crippen molar-refractivity contribution in [1.29, 1.82) is 0 Å². The molecular weight excluding hydrogens is 323 g/mol. The molecule has 0 bridgehead atoms. The van der Waals surface area contributed by atoms with Crippen molar-refractivity contribution in [3.63, 3.8) is 0 Å². The zero-order valence-corrected chi connectivity index (χ0v) is 13.9. The molecule has 0 radical (unpaired) electrons. The highest BCUT2D eigenvalue weighted by molar-refractivity contribution is 5.94. The molecule has 0 saturated heterocycles. The van der Waals surface area contributed by atoms with Gasteiger partial charge in [0.15, 0.2) is 0 Å². The number of amides is 2. The van der Waals surface area contributed by atoms with Crippen molar-refractivity contribution in [2.24, 2.45) is 0 Å². The van der Waals surface area contributed by atoms with Gasteiger partial charge in [0, 0.05) is 12.2 Å². The Morgan fingerprint density at radius 3 is 2.29 bits per heavy atom. The number of carbonyl (C=O) groups excluding carboxylic acids is 2. The van der Waals surface area contributed by atoms with Gasteiger partial charge in [-0.3, -0.25) is 14.5 Å². The van der Waals surface area contributed by atoms with E-state index in [1.54, 1.807) is 18.9 Å². The van der Waals surface area contributed by atoms with Gasteiger partial charge in [0.05, 0.1) is 18.2 Å². The first-order chi connectivity index (χ1) is 11.1. The van der Waals surface area contributed by atoms with Crippen LogP contribution in [-0.4, -0.2) is 42.9 Å². The van der Waals surface area contributed by atoms with E-state index >= 15 is 0 Å². The van der Waals surface area contributed by atoms with Crippen molar-refractivity contribution in [2.45, 2.75) is 32.5 Å². The van der Waals surface area contributed by atoms with Crippen LogP contribution in [0.2, 0.25) is 0 Å². The number of halogens is 3. The van der Waals surface area contributed by atoms with E-state index in [2.05, 4.69) is 10.6 Å². The van der Waals surface area contributed by atoms with Crippen molar-refractivity contribution in [1.82, 2.24) is 10.2 Å². The highest BCUT2D eigenvalue weighted by Gasteiger charge is 2.30. The highest BCUT2D eigenvalue weighted by atomic mass is 19.4. The van der Waals surface area contributed by atoms with E-state index in [1.165, 1.54) is 12.1 Å². The number of rotatable bonds is 7. The minimum atomic E-state index is -4.41. The Morgan fingerprint density at radius 2 is 1.79 bits per heavy atom. The monoisotopic (exact) mass is 345 g/mol. The summed E-state index contributed by atoms with van der Waals surface area (Å²) in [5, 5.41) is 5.25. The smallest absolute Gasteiger partial charge is 0.355 e. The fourth-order valence-corrected chi connectivity index (χ4v) is 1.87. The number of nitrogens with one attached hydrogen (secondary N) is 2. The third-order valence-corrected chi connectivity index (χ3v) is 3.49. The van der Waals surface area contributed by atoms with Gasteiger partial charge in [-0.25, -0.2) is 0 Å². The number of benzene rings is 1. The lowest BCUT2D eigenvalue weighted by Gasteiger charge is -2.23. The maximum atomic E-state index is 12.5.